The average molecular weight is 324 g/mol. The van der Waals surface area contributed by atoms with E-state index in [1.54, 1.807) is 7.11 Å². The second kappa shape index (κ2) is 5.51. The number of aryl methyl sites for hydroxylation is 1. The van der Waals surface area contributed by atoms with Gasteiger partial charge >= 0.3 is 0 Å². The molecule has 0 amide bonds. The lowest BCUT2D eigenvalue weighted by atomic mass is 10.0. The Morgan fingerprint density at radius 1 is 1.21 bits per heavy atom. The quantitative estimate of drug-likeness (QED) is 0.509. The third-order valence-corrected chi connectivity index (χ3v) is 4.71. The molecule has 2 aliphatic heterocycles. The summed E-state index contributed by atoms with van der Waals surface area (Å²) in [5.74, 6) is 1.57. The molecule has 0 spiro atoms. The minimum Gasteiger partial charge on any atom is -0.490 e. The van der Waals surface area contributed by atoms with Gasteiger partial charge in [0.25, 0.3) is 0 Å². The van der Waals surface area contributed by atoms with Crippen LogP contribution in [0.25, 0.3) is 22.6 Å². The molecule has 0 atom stereocenters. The maximum Gasteiger partial charge on any atom is 0.245 e. The molecule has 0 saturated heterocycles. The van der Waals surface area contributed by atoms with Crippen molar-refractivity contribution in [3.63, 3.8) is 0 Å². The molecule has 3 aliphatic rings. The third kappa shape index (κ3) is 2.31. The van der Waals surface area contributed by atoms with Crippen molar-refractivity contribution >= 4 is 16.8 Å². The Hall–Kier alpha value is -2.56. The molecular weight excluding hydrogens is 302 g/mol. The van der Waals surface area contributed by atoms with E-state index in [2.05, 4.69) is 24.1 Å². The van der Waals surface area contributed by atoms with Crippen molar-refractivity contribution in [2.45, 2.75) is 12.8 Å². The highest BCUT2D eigenvalue weighted by Gasteiger charge is 2.19. The molecule has 1 aromatic rings. The summed E-state index contributed by atoms with van der Waals surface area (Å²) in [5, 5.41) is 0.977. The van der Waals surface area contributed by atoms with Gasteiger partial charge in [-0.15, -0.1) is 0 Å². The summed E-state index contributed by atoms with van der Waals surface area (Å²) in [6.07, 6.45) is 2.28. The normalized spacial score (nSPS) is 14.1. The van der Waals surface area contributed by atoms with E-state index >= 15 is 0 Å². The van der Waals surface area contributed by atoms with Crippen molar-refractivity contribution in [3.8, 4) is 17.2 Å². The number of benzene rings is 2. The molecule has 4 rings (SSSR count). The van der Waals surface area contributed by atoms with Crippen LogP contribution in [0.4, 0.5) is 5.69 Å². The van der Waals surface area contributed by atoms with Crippen molar-refractivity contribution in [2.75, 3.05) is 39.7 Å². The van der Waals surface area contributed by atoms with Crippen LogP contribution in [-0.4, -0.2) is 39.8 Å². The zero-order valence-electron chi connectivity index (χ0n) is 14.6. The molecule has 5 heteroatoms. The molecule has 0 fully saturated rings. The first kappa shape index (κ1) is 15.0. The predicted octanol–water partition coefficient (Wildman–Crippen LogP) is 2.36. The third-order valence-electron chi connectivity index (χ3n) is 4.71. The van der Waals surface area contributed by atoms with Gasteiger partial charge in [-0.25, -0.2) is 9.56 Å². The van der Waals surface area contributed by atoms with Gasteiger partial charge in [0, 0.05) is 31.4 Å². The second-order valence-corrected chi connectivity index (χ2v) is 6.57. The lowest BCUT2D eigenvalue weighted by Crippen LogP contribution is -2.24. The van der Waals surface area contributed by atoms with Crippen LogP contribution in [0.3, 0.4) is 0 Å². The van der Waals surface area contributed by atoms with Crippen LogP contribution in [0, 0.1) is 0 Å². The standard InChI is InChI=1S/C19H22N3O2/c1-21(2)16-11-18-14(9-19(16)23-4)20-13-8-12-6-5-7-22(3)15(12)10-17(13)24-18/h8-11H,5-7H2,1-4H3/q+1. The molecular formula is C19H22N3O2+. The molecule has 0 N–H and O–H groups in total. The van der Waals surface area contributed by atoms with E-state index in [0.29, 0.717) is 0 Å². The van der Waals surface area contributed by atoms with E-state index in [0.717, 1.165) is 46.6 Å². The Morgan fingerprint density at radius 2 is 2.04 bits per heavy atom. The molecule has 5 nitrogen and oxygen atoms in total. The van der Waals surface area contributed by atoms with Gasteiger partial charge in [-0.1, -0.05) is 0 Å². The highest BCUT2D eigenvalue weighted by molar-refractivity contribution is 5.82. The fraction of sp³-hybridized carbons (Fsp3) is 0.368. The largest absolute Gasteiger partial charge is 0.490 e. The maximum absolute atomic E-state index is 6.18. The van der Waals surface area contributed by atoms with Crippen LogP contribution >= 0.6 is 0 Å². The Bertz CT molecular complexity index is 970. The lowest BCUT2D eigenvalue weighted by molar-refractivity contribution is 0.405. The number of anilines is 1. The van der Waals surface area contributed by atoms with E-state index in [4.69, 9.17) is 14.1 Å². The number of methoxy groups -OCH3 is 1. The number of ether oxygens (including phenoxy) is 1. The van der Waals surface area contributed by atoms with Crippen LogP contribution in [0.1, 0.15) is 12.0 Å². The van der Waals surface area contributed by atoms with Crippen molar-refractivity contribution in [3.05, 3.63) is 35.2 Å². The number of aromatic nitrogens is 1. The fourth-order valence-corrected chi connectivity index (χ4v) is 3.42. The van der Waals surface area contributed by atoms with E-state index in [1.807, 2.05) is 30.8 Å². The van der Waals surface area contributed by atoms with Crippen LogP contribution in [0.2, 0.25) is 0 Å². The summed E-state index contributed by atoms with van der Waals surface area (Å²) in [4.78, 5) is 7.10. The minimum atomic E-state index is 0.769. The molecule has 1 aliphatic carbocycles. The van der Waals surface area contributed by atoms with E-state index in [1.165, 1.54) is 17.7 Å². The fourth-order valence-electron chi connectivity index (χ4n) is 3.42. The summed E-state index contributed by atoms with van der Waals surface area (Å²) in [5.41, 5.74) is 5.13. The number of hydrogen-bond acceptors (Lipinski definition) is 4. The summed E-state index contributed by atoms with van der Waals surface area (Å²) < 4.78 is 13.7. The Morgan fingerprint density at radius 3 is 2.79 bits per heavy atom. The Kier molecular flexibility index (Phi) is 3.44. The zero-order valence-corrected chi connectivity index (χ0v) is 14.6. The summed E-state index contributed by atoms with van der Waals surface area (Å²) in [6.45, 7) is 1.08. The molecule has 0 aromatic heterocycles. The maximum atomic E-state index is 6.18. The highest BCUT2D eigenvalue weighted by atomic mass is 16.5. The van der Waals surface area contributed by atoms with Crippen LogP contribution in [0.5, 0.6) is 5.75 Å². The Balaban J connectivity index is 2.02. The molecule has 0 unspecified atom stereocenters. The molecule has 124 valence electrons. The monoisotopic (exact) mass is 324 g/mol. The molecule has 24 heavy (non-hydrogen) atoms. The van der Waals surface area contributed by atoms with Crippen molar-refractivity contribution in [2.24, 2.45) is 0 Å². The first-order valence-corrected chi connectivity index (χ1v) is 8.24. The first-order valence-electron chi connectivity index (χ1n) is 8.24. The van der Waals surface area contributed by atoms with Gasteiger partial charge in [-0.05, 0) is 24.5 Å². The summed E-state index contributed by atoms with van der Waals surface area (Å²) in [7, 11) is 7.79. The van der Waals surface area contributed by atoms with Crippen molar-refractivity contribution < 1.29 is 9.15 Å². The molecule has 0 radical (unpaired) electrons. The van der Waals surface area contributed by atoms with Gasteiger partial charge in [0.1, 0.15) is 25.3 Å². The number of rotatable bonds is 1. The van der Waals surface area contributed by atoms with Crippen LogP contribution in [0.15, 0.2) is 28.7 Å². The number of hydrogen-bond donors (Lipinski definition) is 0. The lowest BCUT2D eigenvalue weighted by Gasteiger charge is -2.27. The van der Waals surface area contributed by atoms with Crippen LogP contribution < -0.4 is 19.6 Å². The second-order valence-electron chi connectivity index (χ2n) is 6.57. The van der Waals surface area contributed by atoms with Crippen molar-refractivity contribution in [1.29, 1.82) is 0 Å². The van der Waals surface area contributed by atoms with E-state index in [-0.39, 0.29) is 0 Å². The predicted molar refractivity (Wildman–Crippen MR) is 95.9 cm³/mol. The van der Waals surface area contributed by atoms with Gasteiger partial charge in [0.15, 0.2) is 17.1 Å². The number of fused-ring (bicyclic) bond motifs is 3. The molecule has 0 saturated carbocycles. The molecule has 1 aromatic carbocycles. The minimum absolute atomic E-state index is 0.769. The van der Waals surface area contributed by atoms with Gasteiger partial charge < -0.3 is 14.1 Å². The van der Waals surface area contributed by atoms with Crippen LogP contribution in [-0.2, 0) is 6.42 Å². The molecule has 2 heterocycles. The van der Waals surface area contributed by atoms with Gasteiger partial charge in [0.2, 0.25) is 5.36 Å². The van der Waals surface area contributed by atoms with Crippen molar-refractivity contribution in [1.82, 2.24) is 9.56 Å². The zero-order chi connectivity index (χ0) is 16.8. The highest BCUT2D eigenvalue weighted by Crippen LogP contribution is 2.33. The van der Waals surface area contributed by atoms with Gasteiger partial charge in [-0.2, -0.15) is 0 Å². The van der Waals surface area contributed by atoms with Gasteiger partial charge in [0.05, 0.1) is 13.2 Å². The van der Waals surface area contributed by atoms with E-state index < -0.39 is 0 Å². The Labute approximate surface area is 141 Å². The number of nitrogens with zero attached hydrogens (tertiary/aromatic N) is 3. The average Bonchev–Trinajstić information content (AvgIpc) is 2.57. The summed E-state index contributed by atoms with van der Waals surface area (Å²) in [6, 6.07) is 8.22. The SMILES string of the molecule is COc1cc2nc3cc4c(cc3oc-2cc1=[N+](C)C)N(C)CCC4. The first-order chi connectivity index (χ1) is 11.6. The van der Waals surface area contributed by atoms with E-state index in [9.17, 15) is 0 Å². The van der Waals surface area contributed by atoms with Gasteiger partial charge in [-0.3, -0.25) is 0 Å². The smallest absolute Gasteiger partial charge is 0.245 e. The molecule has 0 bridgehead atoms. The summed E-state index contributed by atoms with van der Waals surface area (Å²) >= 11 is 0. The topological polar surface area (TPSA) is 41.5 Å².